The van der Waals surface area contributed by atoms with Gasteiger partial charge in [0.15, 0.2) is 5.96 Å². The van der Waals surface area contributed by atoms with Gasteiger partial charge in [0.25, 0.3) is 5.91 Å². The molecule has 0 aliphatic heterocycles. The molecule has 2 atom stereocenters. The first-order valence-corrected chi connectivity index (χ1v) is 11.1. The quantitative estimate of drug-likeness (QED) is 0.319. The molecule has 1 aliphatic rings. The molecule has 8 nitrogen and oxygen atoms in total. The molecular weight excluding hydrogens is 517 g/mol. The van der Waals surface area contributed by atoms with Crippen LogP contribution in [0.2, 0.25) is 0 Å². The van der Waals surface area contributed by atoms with Gasteiger partial charge in [-0.25, -0.2) is 15.0 Å². The monoisotopic (exact) mass is 547 g/mol. The molecule has 1 fully saturated rings. The van der Waals surface area contributed by atoms with Crippen LogP contribution in [-0.2, 0) is 0 Å². The van der Waals surface area contributed by atoms with E-state index in [1.165, 1.54) is 0 Å². The van der Waals surface area contributed by atoms with Crippen LogP contribution in [0.3, 0.4) is 0 Å². The Morgan fingerprint density at radius 3 is 2.56 bits per heavy atom. The molecule has 32 heavy (non-hydrogen) atoms. The number of aliphatic imine (C=N–C) groups is 1. The van der Waals surface area contributed by atoms with Crippen molar-refractivity contribution in [2.24, 2.45) is 22.4 Å². The summed E-state index contributed by atoms with van der Waals surface area (Å²) in [6.45, 7) is 6.66. The largest absolute Gasteiger partial charge is 0.370 e. The van der Waals surface area contributed by atoms with E-state index in [-0.39, 0.29) is 54.6 Å². The highest BCUT2D eigenvalue weighted by Gasteiger charge is 2.27. The van der Waals surface area contributed by atoms with E-state index in [0.717, 1.165) is 41.1 Å². The topological polar surface area (TPSA) is 131 Å². The molecule has 178 valence electrons. The highest BCUT2D eigenvalue weighted by atomic mass is 79.9. The van der Waals surface area contributed by atoms with E-state index in [9.17, 15) is 4.79 Å². The Morgan fingerprint density at radius 1 is 1.22 bits per heavy atom. The minimum atomic E-state index is -0.287. The molecular formula is C21H32BrCl2N7O. The number of aromatic nitrogens is 2. The molecule has 0 saturated heterocycles. The van der Waals surface area contributed by atoms with E-state index in [4.69, 9.17) is 11.5 Å². The number of benzene rings is 1. The number of anilines is 1. The van der Waals surface area contributed by atoms with Crippen LogP contribution in [0.25, 0.3) is 10.9 Å². The predicted octanol–water partition coefficient (Wildman–Crippen LogP) is 3.93. The average Bonchev–Trinajstić information content (AvgIpc) is 2.67. The first-order chi connectivity index (χ1) is 14.2. The number of nitrogens with two attached hydrogens (primary N) is 2. The van der Waals surface area contributed by atoms with Crippen LogP contribution in [0.1, 0.15) is 55.7 Å². The lowest BCUT2D eigenvalue weighted by atomic mass is 9.90. The van der Waals surface area contributed by atoms with Crippen molar-refractivity contribution in [3.8, 4) is 0 Å². The number of rotatable bonds is 6. The normalized spacial score (nSPS) is 17.8. The molecule has 11 heteroatoms. The van der Waals surface area contributed by atoms with Crippen LogP contribution >= 0.6 is 40.7 Å². The Balaban J connectivity index is 0.00000256. The van der Waals surface area contributed by atoms with Gasteiger partial charge < -0.3 is 22.1 Å². The predicted molar refractivity (Wildman–Crippen MR) is 139 cm³/mol. The lowest BCUT2D eigenvalue weighted by Gasteiger charge is -2.30. The van der Waals surface area contributed by atoms with Gasteiger partial charge in [0.2, 0.25) is 5.82 Å². The number of hydrogen-bond donors (Lipinski definition) is 4. The number of guanidine groups is 1. The van der Waals surface area contributed by atoms with Gasteiger partial charge in [-0.3, -0.25) is 4.79 Å². The number of amides is 1. The molecule has 1 aromatic carbocycles. The van der Waals surface area contributed by atoms with Gasteiger partial charge >= 0.3 is 0 Å². The number of carbonyl (C=O) groups is 1. The highest BCUT2D eigenvalue weighted by Crippen LogP contribution is 2.31. The molecule has 0 bridgehead atoms. The second-order valence-corrected chi connectivity index (χ2v) is 9.15. The third kappa shape index (κ3) is 7.08. The van der Waals surface area contributed by atoms with Crippen molar-refractivity contribution in [3.63, 3.8) is 0 Å². The van der Waals surface area contributed by atoms with E-state index in [2.05, 4.69) is 41.5 Å². The fourth-order valence-corrected chi connectivity index (χ4v) is 4.38. The summed E-state index contributed by atoms with van der Waals surface area (Å²) in [6, 6.07) is 4.01. The number of aryl methyl sites for hydroxylation is 1. The maximum absolute atomic E-state index is 12.7. The van der Waals surface area contributed by atoms with Crippen molar-refractivity contribution in [1.82, 2.24) is 15.3 Å². The zero-order valence-corrected chi connectivity index (χ0v) is 21.7. The van der Waals surface area contributed by atoms with Crippen molar-refractivity contribution < 1.29 is 4.79 Å². The van der Waals surface area contributed by atoms with E-state index >= 15 is 0 Å². The van der Waals surface area contributed by atoms with Gasteiger partial charge in [0, 0.05) is 16.4 Å². The van der Waals surface area contributed by atoms with E-state index in [1.54, 1.807) is 0 Å². The fourth-order valence-electron chi connectivity index (χ4n) is 3.71. The summed E-state index contributed by atoms with van der Waals surface area (Å²) in [5, 5.41) is 7.28. The summed E-state index contributed by atoms with van der Waals surface area (Å²) < 4.78 is 0.824. The maximum Gasteiger partial charge on any atom is 0.289 e. The third-order valence-electron chi connectivity index (χ3n) is 5.14. The lowest BCUT2D eigenvalue weighted by molar-refractivity contribution is 0.0939. The molecule has 1 saturated carbocycles. The first-order valence-electron chi connectivity index (χ1n) is 10.4. The highest BCUT2D eigenvalue weighted by molar-refractivity contribution is 9.10. The smallest absolute Gasteiger partial charge is 0.289 e. The van der Waals surface area contributed by atoms with E-state index < -0.39 is 0 Å². The van der Waals surface area contributed by atoms with Crippen molar-refractivity contribution >= 4 is 69.3 Å². The Kier molecular flexibility index (Phi) is 10.9. The van der Waals surface area contributed by atoms with Gasteiger partial charge in [-0.05, 0) is 59.3 Å². The number of nitrogens with zero attached hydrogens (tertiary/aromatic N) is 3. The lowest BCUT2D eigenvalue weighted by Crippen LogP contribution is -2.38. The van der Waals surface area contributed by atoms with Crippen LogP contribution in [0.4, 0.5) is 5.82 Å². The van der Waals surface area contributed by atoms with Gasteiger partial charge in [-0.1, -0.05) is 26.7 Å². The third-order valence-corrected chi connectivity index (χ3v) is 5.74. The second kappa shape index (κ2) is 12.4. The van der Waals surface area contributed by atoms with Crippen molar-refractivity contribution in [2.45, 2.75) is 58.5 Å². The Hall–Kier alpha value is -1.84. The SMILES string of the molecule is Cc1cc(Br)c2nc(C(=O)NCC(C)C)nc(N[C@H]3CCCC[C@H]3N=C(N)N)c2c1.Cl.Cl. The molecule has 1 aliphatic carbocycles. The van der Waals surface area contributed by atoms with E-state index in [1.807, 2.05) is 32.9 Å². The van der Waals surface area contributed by atoms with Crippen LogP contribution in [0.5, 0.6) is 0 Å². The standard InChI is InChI=1S/C21H30BrN7O.2ClH/c1-11(2)10-25-20(30)19-28-17-13(8-12(3)9-14(17)22)18(29-19)26-15-6-4-5-7-16(15)27-21(23)24;;/h8-9,11,15-16H,4-7,10H2,1-3H3,(H,25,30)(H4,23,24,27)(H,26,28,29);2*1H/t15-,16+;;/m0../s1. The summed E-state index contributed by atoms with van der Waals surface area (Å²) in [5.41, 5.74) is 13.1. The fraction of sp³-hybridized carbons (Fsp3) is 0.524. The molecule has 0 unspecified atom stereocenters. The minimum Gasteiger partial charge on any atom is -0.370 e. The van der Waals surface area contributed by atoms with Crippen molar-refractivity contribution in [1.29, 1.82) is 0 Å². The number of fused-ring (bicyclic) bond motifs is 1. The van der Waals surface area contributed by atoms with Crippen LogP contribution < -0.4 is 22.1 Å². The average molecular weight is 549 g/mol. The molecule has 1 heterocycles. The summed E-state index contributed by atoms with van der Waals surface area (Å²) in [7, 11) is 0. The Morgan fingerprint density at radius 2 is 1.91 bits per heavy atom. The Bertz CT molecular complexity index is 967. The van der Waals surface area contributed by atoms with Crippen LogP contribution in [0.15, 0.2) is 21.6 Å². The molecule has 0 spiro atoms. The zero-order valence-electron chi connectivity index (χ0n) is 18.5. The van der Waals surface area contributed by atoms with Gasteiger partial charge in [-0.15, -0.1) is 24.8 Å². The maximum atomic E-state index is 12.7. The molecule has 2 aromatic rings. The number of carbonyl (C=O) groups excluding carboxylic acids is 1. The summed E-state index contributed by atoms with van der Waals surface area (Å²) >= 11 is 3.59. The van der Waals surface area contributed by atoms with Crippen LogP contribution in [0, 0.1) is 12.8 Å². The van der Waals surface area contributed by atoms with Gasteiger partial charge in [-0.2, -0.15) is 0 Å². The molecule has 6 N–H and O–H groups in total. The van der Waals surface area contributed by atoms with Crippen LogP contribution in [-0.4, -0.2) is 40.5 Å². The van der Waals surface area contributed by atoms with E-state index in [0.29, 0.717) is 23.8 Å². The summed E-state index contributed by atoms with van der Waals surface area (Å²) in [4.78, 5) is 26.2. The van der Waals surface area contributed by atoms with Gasteiger partial charge in [0.1, 0.15) is 5.82 Å². The molecule has 3 rings (SSSR count). The second-order valence-electron chi connectivity index (χ2n) is 8.30. The zero-order chi connectivity index (χ0) is 21.8. The summed E-state index contributed by atoms with van der Waals surface area (Å²) in [5.74, 6) is 0.911. The number of halogens is 3. The number of hydrogen-bond acceptors (Lipinski definition) is 5. The summed E-state index contributed by atoms with van der Waals surface area (Å²) in [6.07, 6.45) is 4.00. The van der Waals surface area contributed by atoms with Crippen molar-refractivity contribution in [2.75, 3.05) is 11.9 Å². The Labute approximate surface area is 209 Å². The van der Waals surface area contributed by atoms with Gasteiger partial charge in [0.05, 0.1) is 17.6 Å². The minimum absolute atomic E-state index is 0. The molecule has 1 aromatic heterocycles. The molecule has 1 amide bonds. The first kappa shape index (κ1) is 28.2. The number of nitrogens with one attached hydrogen (secondary N) is 2. The van der Waals surface area contributed by atoms with Crippen molar-refractivity contribution in [3.05, 3.63) is 28.0 Å². The molecule has 0 radical (unpaired) electrons.